The number of amides is 1. The van der Waals surface area contributed by atoms with Crippen LogP contribution in [0.3, 0.4) is 0 Å². The van der Waals surface area contributed by atoms with Crippen LogP contribution in [0.25, 0.3) is 0 Å². The number of hydrogen-bond acceptors (Lipinski definition) is 5. The van der Waals surface area contributed by atoms with Gasteiger partial charge in [-0.2, -0.15) is 4.98 Å². The van der Waals surface area contributed by atoms with Crippen LogP contribution in [-0.2, 0) is 4.79 Å². The van der Waals surface area contributed by atoms with Crippen molar-refractivity contribution in [1.29, 1.82) is 0 Å². The Labute approximate surface area is 137 Å². The number of rotatable bonds is 4. The average Bonchev–Trinajstić information content (AvgIpc) is 2.62. The van der Waals surface area contributed by atoms with Gasteiger partial charge < -0.3 is 14.4 Å². The zero-order valence-corrected chi connectivity index (χ0v) is 13.7. The van der Waals surface area contributed by atoms with Crippen LogP contribution >= 0.6 is 0 Å². The highest BCUT2D eigenvalue weighted by Gasteiger charge is 2.30. The molecule has 2 fully saturated rings. The summed E-state index contributed by atoms with van der Waals surface area (Å²) in [4.78, 5) is 22.8. The first-order chi connectivity index (χ1) is 11.3. The highest BCUT2D eigenvalue weighted by Crippen LogP contribution is 2.27. The Hall–Kier alpha value is -1.85. The van der Waals surface area contributed by atoms with Gasteiger partial charge in [0.2, 0.25) is 11.8 Å². The molecule has 0 N–H and O–H groups in total. The van der Waals surface area contributed by atoms with E-state index in [-0.39, 0.29) is 12.0 Å². The van der Waals surface area contributed by atoms with Crippen molar-refractivity contribution < 1.29 is 14.3 Å². The molecule has 1 saturated carbocycles. The second-order valence-corrected chi connectivity index (χ2v) is 6.38. The fourth-order valence-electron chi connectivity index (χ4n) is 3.50. The van der Waals surface area contributed by atoms with E-state index in [9.17, 15) is 4.79 Å². The van der Waals surface area contributed by atoms with Gasteiger partial charge in [-0.25, -0.2) is 4.98 Å². The summed E-state index contributed by atoms with van der Waals surface area (Å²) in [6.07, 6.45) is 9.27. The molecule has 6 heteroatoms. The summed E-state index contributed by atoms with van der Waals surface area (Å²) in [6, 6.07) is 2.03. The number of methoxy groups -OCH3 is 1. The van der Waals surface area contributed by atoms with Gasteiger partial charge in [0.15, 0.2) is 0 Å². The van der Waals surface area contributed by atoms with Crippen molar-refractivity contribution in [3.8, 4) is 11.9 Å². The average molecular weight is 319 g/mol. The van der Waals surface area contributed by atoms with E-state index in [0.717, 1.165) is 32.2 Å². The van der Waals surface area contributed by atoms with Crippen LogP contribution in [0.5, 0.6) is 11.9 Å². The van der Waals surface area contributed by atoms with Gasteiger partial charge in [-0.1, -0.05) is 19.3 Å². The van der Waals surface area contributed by atoms with E-state index in [1.54, 1.807) is 12.3 Å². The predicted molar refractivity (Wildman–Crippen MR) is 85.4 cm³/mol. The Morgan fingerprint density at radius 2 is 2.04 bits per heavy atom. The molecular formula is C17H25N3O3. The minimum Gasteiger partial charge on any atom is -0.472 e. The van der Waals surface area contributed by atoms with Crippen molar-refractivity contribution in [1.82, 2.24) is 14.9 Å². The van der Waals surface area contributed by atoms with E-state index in [0.29, 0.717) is 24.3 Å². The molecule has 0 radical (unpaired) electrons. The molecule has 0 spiro atoms. The fourth-order valence-corrected chi connectivity index (χ4v) is 3.50. The van der Waals surface area contributed by atoms with E-state index in [1.165, 1.54) is 26.4 Å². The topological polar surface area (TPSA) is 64.6 Å². The van der Waals surface area contributed by atoms with Crippen molar-refractivity contribution in [3.05, 3.63) is 12.3 Å². The minimum absolute atomic E-state index is 0.00380. The molecule has 1 unspecified atom stereocenters. The van der Waals surface area contributed by atoms with Crippen LogP contribution in [0.4, 0.5) is 0 Å². The van der Waals surface area contributed by atoms with Gasteiger partial charge in [0.1, 0.15) is 6.10 Å². The quantitative estimate of drug-likeness (QED) is 0.853. The van der Waals surface area contributed by atoms with Gasteiger partial charge in [0.05, 0.1) is 13.7 Å². The largest absolute Gasteiger partial charge is 0.472 e. The summed E-state index contributed by atoms with van der Waals surface area (Å²) < 4.78 is 11.0. The Bertz CT molecular complexity index is 532. The van der Waals surface area contributed by atoms with Crippen molar-refractivity contribution in [3.63, 3.8) is 0 Å². The Morgan fingerprint density at radius 1 is 1.22 bits per heavy atom. The lowest BCUT2D eigenvalue weighted by atomic mass is 9.88. The lowest BCUT2D eigenvalue weighted by Crippen LogP contribution is -2.47. The second kappa shape index (κ2) is 7.62. The van der Waals surface area contributed by atoms with Gasteiger partial charge in [0, 0.05) is 24.7 Å². The van der Waals surface area contributed by atoms with Crippen molar-refractivity contribution in [2.45, 2.75) is 51.0 Å². The smallest absolute Gasteiger partial charge is 0.319 e. The third-order valence-electron chi connectivity index (χ3n) is 4.72. The molecule has 1 aliphatic heterocycles. The van der Waals surface area contributed by atoms with Gasteiger partial charge >= 0.3 is 6.01 Å². The van der Waals surface area contributed by atoms with Crippen molar-refractivity contribution in [2.24, 2.45) is 5.92 Å². The number of likely N-dealkylation sites (tertiary alicyclic amines) is 1. The summed E-state index contributed by atoms with van der Waals surface area (Å²) in [5, 5.41) is 0. The van der Waals surface area contributed by atoms with Gasteiger partial charge in [0.25, 0.3) is 0 Å². The van der Waals surface area contributed by atoms with Gasteiger partial charge in [-0.15, -0.1) is 0 Å². The Morgan fingerprint density at radius 3 is 2.83 bits per heavy atom. The summed E-state index contributed by atoms with van der Waals surface area (Å²) in [5.41, 5.74) is 0. The molecule has 6 nitrogen and oxygen atoms in total. The zero-order valence-electron chi connectivity index (χ0n) is 13.7. The zero-order chi connectivity index (χ0) is 16.1. The number of carbonyl (C=O) groups is 1. The molecule has 3 rings (SSSR count). The van der Waals surface area contributed by atoms with E-state index in [1.807, 2.05) is 4.90 Å². The number of hydrogen-bond donors (Lipinski definition) is 0. The lowest BCUT2D eigenvalue weighted by molar-refractivity contribution is -0.139. The molecule has 2 aliphatic rings. The number of piperidine rings is 1. The molecular weight excluding hydrogens is 294 g/mol. The summed E-state index contributed by atoms with van der Waals surface area (Å²) >= 11 is 0. The Balaban J connectivity index is 1.58. The lowest BCUT2D eigenvalue weighted by Gasteiger charge is -2.35. The maximum atomic E-state index is 12.7. The summed E-state index contributed by atoms with van der Waals surface area (Å²) in [5.74, 6) is 1.05. The molecule has 23 heavy (non-hydrogen) atoms. The van der Waals surface area contributed by atoms with E-state index < -0.39 is 0 Å². The number of nitrogens with zero attached hydrogens (tertiary/aromatic N) is 3. The Kier molecular flexibility index (Phi) is 5.31. The minimum atomic E-state index is -0.00380. The molecule has 1 aliphatic carbocycles. The van der Waals surface area contributed by atoms with E-state index in [2.05, 4.69) is 9.97 Å². The van der Waals surface area contributed by atoms with Crippen molar-refractivity contribution in [2.75, 3.05) is 20.2 Å². The van der Waals surface area contributed by atoms with Crippen LogP contribution in [0, 0.1) is 5.92 Å². The van der Waals surface area contributed by atoms with E-state index >= 15 is 0 Å². The third-order valence-corrected chi connectivity index (χ3v) is 4.72. The number of ether oxygens (including phenoxy) is 2. The maximum absolute atomic E-state index is 12.7. The van der Waals surface area contributed by atoms with Gasteiger partial charge in [-0.3, -0.25) is 4.79 Å². The molecule has 1 aromatic heterocycles. The molecule has 1 amide bonds. The van der Waals surface area contributed by atoms with Crippen LogP contribution in [0.2, 0.25) is 0 Å². The normalized spacial score (nSPS) is 22.7. The molecule has 1 aromatic rings. The first-order valence-corrected chi connectivity index (χ1v) is 8.59. The highest BCUT2D eigenvalue weighted by molar-refractivity contribution is 5.79. The van der Waals surface area contributed by atoms with Crippen LogP contribution in [0.15, 0.2) is 12.3 Å². The van der Waals surface area contributed by atoms with Gasteiger partial charge in [-0.05, 0) is 25.7 Å². The molecule has 2 heterocycles. The molecule has 0 bridgehead atoms. The molecule has 1 saturated heterocycles. The predicted octanol–water partition coefficient (Wildman–Crippen LogP) is 2.44. The molecule has 1 atom stereocenters. The standard InChI is InChI=1S/C17H25N3O3/c1-22-17-18-10-9-15(19-17)23-14-8-5-11-20(12-14)16(21)13-6-3-2-4-7-13/h9-10,13-14H,2-8,11-12H2,1H3. The summed E-state index contributed by atoms with van der Waals surface area (Å²) in [6.45, 7) is 1.50. The first kappa shape index (κ1) is 16.0. The van der Waals surface area contributed by atoms with Crippen LogP contribution in [-0.4, -0.2) is 47.1 Å². The molecule has 0 aromatic carbocycles. The second-order valence-electron chi connectivity index (χ2n) is 6.38. The highest BCUT2D eigenvalue weighted by atomic mass is 16.5. The maximum Gasteiger partial charge on any atom is 0.319 e. The number of aromatic nitrogens is 2. The summed E-state index contributed by atoms with van der Waals surface area (Å²) in [7, 11) is 1.53. The van der Waals surface area contributed by atoms with Crippen LogP contribution in [0.1, 0.15) is 44.9 Å². The van der Waals surface area contributed by atoms with E-state index in [4.69, 9.17) is 9.47 Å². The number of carbonyl (C=O) groups excluding carboxylic acids is 1. The third kappa shape index (κ3) is 4.12. The van der Waals surface area contributed by atoms with Crippen LogP contribution < -0.4 is 9.47 Å². The first-order valence-electron chi connectivity index (χ1n) is 8.59. The SMILES string of the molecule is COc1nccc(OC2CCCN(C(=O)C3CCCCC3)C2)n1. The molecule has 126 valence electrons. The monoisotopic (exact) mass is 319 g/mol. The van der Waals surface area contributed by atoms with Crippen molar-refractivity contribution >= 4 is 5.91 Å². The fraction of sp³-hybridized carbons (Fsp3) is 0.706.